The van der Waals surface area contributed by atoms with Gasteiger partial charge in [-0.2, -0.15) is 0 Å². The van der Waals surface area contributed by atoms with E-state index < -0.39 is 35.2 Å². The van der Waals surface area contributed by atoms with Gasteiger partial charge in [-0.1, -0.05) is 18.2 Å². The number of rotatable bonds is 5. The molecule has 0 bridgehead atoms. The molecule has 1 unspecified atom stereocenters. The van der Waals surface area contributed by atoms with Gasteiger partial charge in [-0.15, -0.1) is 11.8 Å². The Kier molecular flexibility index (Phi) is 4.99. The number of benzene rings is 1. The quantitative estimate of drug-likeness (QED) is 0.571. The van der Waals surface area contributed by atoms with Crippen LogP contribution in [0.5, 0.6) is 0 Å². The summed E-state index contributed by atoms with van der Waals surface area (Å²) in [6.45, 7) is 1.05. The number of carboxylic acids is 1. The Morgan fingerprint density at radius 3 is 2.62 bits per heavy atom. The Hall–Kier alpha value is -2.81. The zero-order valence-electron chi connectivity index (χ0n) is 13.8. The number of β-lactam (4-membered cyclic amide) rings is 1. The summed E-state index contributed by atoms with van der Waals surface area (Å²) in [5.41, 5.74) is 0.601. The van der Waals surface area contributed by atoms with E-state index in [1.807, 2.05) is 0 Å². The average molecular weight is 376 g/mol. The number of hydrogen-bond donors (Lipinski definition) is 2. The molecular weight excluding hydrogens is 360 g/mol. The zero-order valence-corrected chi connectivity index (χ0v) is 14.6. The molecule has 2 aliphatic heterocycles. The molecule has 26 heavy (non-hydrogen) atoms. The fraction of sp³-hybridized carbons (Fsp3) is 0.294. The number of aliphatic carboxylic acids is 1. The van der Waals surface area contributed by atoms with Gasteiger partial charge in [0.2, 0.25) is 0 Å². The fourth-order valence-corrected chi connectivity index (χ4v) is 4.12. The topological polar surface area (TPSA) is 113 Å². The number of hydrogen-bond acceptors (Lipinski definition) is 6. The predicted octanol–water partition coefficient (Wildman–Crippen LogP) is 0.602. The molecule has 0 spiro atoms. The molecule has 2 amide bonds. The summed E-state index contributed by atoms with van der Waals surface area (Å²) in [5.74, 6) is -2.39. The molecule has 0 saturated carbocycles. The molecule has 136 valence electrons. The summed E-state index contributed by atoms with van der Waals surface area (Å²) < 4.78 is 4.87. The lowest BCUT2D eigenvalue weighted by atomic mass is 10.0. The first-order valence-electron chi connectivity index (χ1n) is 7.79. The molecule has 1 saturated heterocycles. The van der Waals surface area contributed by atoms with Crippen molar-refractivity contribution in [2.24, 2.45) is 0 Å². The number of carbonyl (C=O) groups is 4. The standard InChI is InChI=1S/C17H16N2O6S/c1-9(20)25-7-11-8-26-16-12(15(22)19(16)13(11)17(23)24)18-14(21)10-5-3-2-4-6-10/h2-6,12,16H,7-8H2,1H3,(H,18,21)(H,23,24)/t12?,16-/m0/s1. The third-order valence-electron chi connectivity index (χ3n) is 4.02. The molecule has 0 aromatic heterocycles. The monoisotopic (exact) mass is 376 g/mol. The van der Waals surface area contributed by atoms with Crippen LogP contribution in [0, 0.1) is 0 Å². The van der Waals surface area contributed by atoms with Gasteiger partial charge in [0.1, 0.15) is 23.7 Å². The van der Waals surface area contributed by atoms with Crippen LogP contribution >= 0.6 is 11.8 Å². The fourth-order valence-electron chi connectivity index (χ4n) is 2.80. The lowest BCUT2D eigenvalue weighted by Gasteiger charge is -2.49. The molecule has 1 fully saturated rings. The molecule has 2 heterocycles. The van der Waals surface area contributed by atoms with Gasteiger partial charge in [0, 0.05) is 23.8 Å². The van der Waals surface area contributed by atoms with E-state index >= 15 is 0 Å². The molecular formula is C17H16N2O6S. The summed E-state index contributed by atoms with van der Waals surface area (Å²) in [5, 5.41) is 11.6. The third-order valence-corrected chi connectivity index (χ3v) is 5.36. The Balaban J connectivity index is 1.76. The number of carboxylic acid groups (broad SMARTS) is 1. The summed E-state index contributed by atoms with van der Waals surface area (Å²) >= 11 is 1.32. The highest BCUT2D eigenvalue weighted by atomic mass is 32.2. The van der Waals surface area contributed by atoms with E-state index in [4.69, 9.17) is 4.74 Å². The number of ether oxygens (including phenoxy) is 1. The second-order valence-electron chi connectivity index (χ2n) is 5.76. The van der Waals surface area contributed by atoms with Gasteiger partial charge in [-0.3, -0.25) is 19.3 Å². The minimum absolute atomic E-state index is 0.176. The first kappa shape index (κ1) is 18.0. The van der Waals surface area contributed by atoms with Crippen molar-refractivity contribution >= 4 is 35.5 Å². The van der Waals surface area contributed by atoms with Crippen molar-refractivity contribution in [3.63, 3.8) is 0 Å². The van der Waals surface area contributed by atoms with E-state index in [9.17, 15) is 24.3 Å². The Morgan fingerprint density at radius 2 is 2.00 bits per heavy atom. The number of fused-ring (bicyclic) bond motifs is 1. The normalized spacial score (nSPS) is 21.6. The minimum Gasteiger partial charge on any atom is -0.477 e. The molecule has 0 aliphatic carbocycles. The summed E-state index contributed by atoms with van der Waals surface area (Å²) in [6, 6.07) is 7.67. The van der Waals surface area contributed by atoms with Gasteiger partial charge in [0.05, 0.1) is 0 Å². The molecule has 2 N–H and O–H groups in total. The number of thioether (sulfide) groups is 1. The Labute approximate surface area is 153 Å². The average Bonchev–Trinajstić information content (AvgIpc) is 2.63. The van der Waals surface area contributed by atoms with Crippen molar-refractivity contribution in [3.05, 3.63) is 47.2 Å². The molecule has 0 radical (unpaired) electrons. The van der Waals surface area contributed by atoms with Crippen molar-refractivity contribution in [2.75, 3.05) is 12.4 Å². The number of amides is 2. The van der Waals surface area contributed by atoms with Crippen LogP contribution in [-0.2, 0) is 19.1 Å². The van der Waals surface area contributed by atoms with Gasteiger partial charge < -0.3 is 15.2 Å². The van der Waals surface area contributed by atoms with E-state index in [1.54, 1.807) is 30.3 Å². The van der Waals surface area contributed by atoms with Gasteiger partial charge in [-0.25, -0.2) is 4.79 Å². The van der Waals surface area contributed by atoms with E-state index in [-0.39, 0.29) is 12.3 Å². The molecule has 2 atom stereocenters. The van der Waals surface area contributed by atoms with E-state index in [0.29, 0.717) is 16.9 Å². The highest BCUT2D eigenvalue weighted by Gasteiger charge is 2.54. The van der Waals surface area contributed by atoms with Gasteiger partial charge >= 0.3 is 11.9 Å². The summed E-state index contributed by atoms with van der Waals surface area (Å²) in [4.78, 5) is 48.4. The van der Waals surface area contributed by atoms with Crippen molar-refractivity contribution in [2.45, 2.75) is 18.3 Å². The predicted molar refractivity (Wildman–Crippen MR) is 92.1 cm³/mol. The maximum Gasteiger partial charge on any atom is 0.352 e. The maximum atomic E-state index is 12.5. The Bertz CT molecular complexity index is 807. The van der Waals surface area contributed by atoms with Crippen LogP contribution in [0.3, 0.4) is 0 Å². The van der Waals surface area contributed by atoms with Crippen LogP contribution < -0.4 is 5.32 Å². The smallest absolute Gasteiger partial charge is 0.352 e. The lowest BCUT2D eigenvalue weighted by molar-refractivity contribution is -0.149. The van der Waals surface area contributed by atoms with Gasteiger partial charge in [0.25, 0.3) is 11.8 Å². The molecule has 3 rings (SSSR count). The van der Waals surface area contributed by atoms with Gasteiger partial charge in [-0.05, 0) is 12.1 Å². The van der Waals surface area contributed by atoms with Crippen LogP contribution in [-0.4, -0.2) is 57.5 Å². The largest absolute Gasteiger partial charge is 0.477 e. The van der Waals surface area contributed by atoms with E-state index in [2.05, 4.69) is 5.32 Å². The van der Waals surface area contributed by atoms with E-state index in [0.717, 1.165) is 4.90 Å². The van der Waals surface area contributed by atoms with Crippen molar-refractivity contribution < 1.29 is 29.0 Å². The van der Waals surface area contributed by atoms with Crippen LogP contribution in [0.2, 0.25) is 0 Å². The first-order valence-corrected chi connectivity index (χ1v) is 8.84. The number of carbonyl (C=O) groups excluding carboxylic acids is 3. The minimum atomic E-state index is -1.27. The van der Waals surface area contributed by atoms with Crippen LogP contribution in [0.4, 0.5) is 0 Å². The molecule has 8 nitrogen and oxygen atoms in total. The second kappa shape index (κ2) is 7.20. The highest BCUT2D eigenvalue weighted by molar-refractivity contribution is 8.00. The lowest BCUT2D eigenvalue weighted by Crippen LogP contribution is -2.70. The second-order valence-corrected chi connectivity index (χ2v) is 6.87. The third kappa shape index (κ3) is 3.30. The van der Waals surface area contributed by atoms with E-state index in [1.165, 1.54) is 18.7 Å². The number of nitrogens with one attached hydrogen (secondary N) is 1. The summed E-state index contributed by atoms with van der Waals surface area (Å²) in [6.07, 6.45) is 0. The van der Waals surface area contributed by atoms with Crippen molar-refractivity contribution in [1.29, 1.82) is 0 Å². The zero-order chi connectivity index (χ0) is 18.8. The highest BCUT2D eigenvalue weighted by Crippen LogP contribution is 2.40. The molecule has 1 aromatic rings. The molecule has 9 heteroatoms. The first-order chi connectivity index (χ1) is 12.4. The summed E-state index contributed by atoms with van der Waals surface area (Å²) in [7, 11) is 0. The maximum absolute atomic E-state index is 12.5. The number of nitrogens with zero attached hydrogens (tertiary/aromatic N) is 1. The SMILES string of the molecule is CC(=O)OCC1=C(C(=O)O)N2C(=O)C(NC(=O)c3ccccc3)[C@@H]2SC1. The Morgan fingerprint density at radius 1 is 1.31 bits per heavy atom. The van der Waals surface area contributed by atoms with Crippen LogP contribution in [0.25, 0.3) is 0 Å². The van der Waals surface area contributed by atoms with Crippen molar-refractivity contribution in [3.8, 4) is 0 Å². The van der Waals surface area contributed by atoms with Crippen LogP contribution in [0.15, 0.2) is 41.6 Å². The molecule has 2 aliphatic rings. The molecule has 1 aromatic carbocycles. The van der Waals surface area contributed by atoms with Gasteiger partial charge in [0.15, 0.2) is 0 Å². The van der Waals surface area contributed by atoms with Crippen molar-refractivity contribution in [1.82, 2.24) is 10.2 Å². The van der Waals surface area contributed by atoms with Crippen LogP contribution in [0.1, 0.15) is 17.3 Å². The number of esters is 1.